The lowest BCUT2D eigenvalue weighted by molar-refractivity contribution is -0.117. The van der Waals surface area contributed by atoms with Crippen molar-refractivity contribution in [3.63, 3.8) is 0 Å². The third kappa shape index (κ3) is 5.84. The second-order valence-corrected chi connectivity index (χ2v) is 8.84. The smallest absolute Gasteiger partial charge is 0.244 e. The van der Waals surface area contributed by atoms with Crippen LogP contribution in [-0.2, 0) is 19.6 Å². The second-order valence-electron chi connectivity index (χ2n) is 6.27. The van der Waals surface area contributed by atoms with Gasteiger partial charge in [0, 0.05) is 18.0 Å². The van der Waals surface area contributed by atoms with Gasteiger partial charge in [-0.25, -0.2) is 13.4 Å². The Morgan fingerprint density at radius 3 is 2.22 bits per heavy atom. The van der Waals surface area contributed by atoms with Gasteiger partial charge in [0.15, 0.2) is 5.13 Å². The highest BCUT2D eigenvalue weighted by atomic mass is 32.2. The van der Waals surface area contributed by atoms with Crippen LogP contribution in [0.4, 0.5) is 10.8 Å². The van der Waals surface area contributed by atoms with E-state index in [0.717, 1.165) is 5.69 Å². The average molecular weight is 411 g/mol. The Bertz CT molecular complexity index is 921. The predicted molar refractivity (Wildman–Crippen MR) is 105 cm³/mol. The van der Waals surface area contributed by atoms with Crippen molar-refractivity contribution in [3.05, 3.63) is 35.3 Å². The first-order chi connectivity index (χ1) is 12.6. The molecule has 0 fully saturated rings. The second kappa shape index (κ2) is 8.59. The van der Waals surface area contributed by atoms with E-state index in [2.05, 4.69) is 20.3 Å². The van der Waals surface area contributed by atoms with Crippen LogP contribution in [0.3, 0.4) is 0 Å². The maximum absolute atomic E-state index is 12.4. The number of sulfonamides is 1. The molecule has 1 atom stereocenters. The van der Waals surface area contributed by atoms with E-state index in [1.807, 2.05) is 19.2 Å². The summed E-state index contributed by atoms with van der Waals surface area (Å²) in [6, 6.07) is 4.67. The summed E-state index contributed by atoms with van der Waals surface area (Å²) >= 11 is 1.29. The number of rotatable bonds is 7. The molecule has 0 spiro atoms. The van der Waals surface area contributed by atoms with Crippen molar-refractivity contribution in [2.45, 2.75) is 44.6 Å². The lowest BCUT2D eigenvalue weighted by atomic mass is 10.2. The Hall–Kier alpha value is -2.30. The van der Waals surface area contributed by atoms with E-state index in [-0.39, 0.29) is 16.7 Å². The summed E-state index contributed by atoms with van der Waals surface area (Å²) < 4.78 is 27.2. The van der Waals surface area contributed by atoms with E-state index >= 15 is 0 Å². The molecule has 2 rings (SSSR count). The molecular weight excluding hydrogens is 388 g/mol. The van der Waals surface area contributed by atoms with Gasteiger partial charge in [0.1, 0.15) is 0 Å². The summed E-state index contributed by atoms with van der Waals surface area (Å²) in [5.74, 6) is -0.516. The van der Waals surface area contributed by atoms with Crippen LogP contribution in [-0.4, -0.2) is 31.3 Å². The zero-order valence-corrected chi connectivity index (χ0v) is 17.1. The first kappa shape index (κ1) is 21.0. The van der Waals surface area contributed by atoms with Gasteiger partial charge in [-0.2, -0.15) is 4.72 Å². The SMILES string of the molecule is CC(=O)Nc1ccc(S(=O)(=O)N[C@@H](C)C(=O)Nc2nc(C(C)C)cs2)cc1. The highest BCUT2D eigenvalue weighted by molar-refractivity contribution is 7.89. The van der Waals surface area contributed by atoms with Gasteiger partial charge in [0.25, 0.3) is 0 Å². The topological polar surface area (TPSA) is 117 Å². The molecule has 3 N–H and O–H groups in total. The van der Waals surface area contributed by atoms with Crippen molar-refractivity contribution in [3.8, 4) is 0 Å². The highest BCUT2D eigenvalue weighted by Gasteiger charge is 2.23. The van der Waals surface area contributed by atoms with Crippen LogP contribution in [0, 0.1) is 0 Å². The minimum atomic E-state index is -3.89. The summed E-state index contributed by atoms with van der Waals surface area (Å²) in [6.45, 7) is 6.80. The largest absolute Gasteiger partial charge is 0.326 e. The number of benzene rings is 1. The van der Waals surface area contributed by atoms with Crippen LogP contribution in [0.2, 0.25) is 0 Å². The molecule has 8 nitrogen and oxygen atoms in total. The number of hydrogen-bond acceptors (Lipinski definition) is 6. The molecule has 2 aromatic rings. The number of hydrogen-bond donors (Lipinski definition) is 3. The van der Waals surface area contributed by atoms with E-state index in [0.29, 0.717) is 10.8 Å². The van der Waals surface area contributed by atoms with Crippen LogP contribution in [0.25, 0.3) is 0 Å². The molecule has 0 aliphatic carbocycles. The van der Waals surface area contributed by atoms with Gasteiger partial charge < -0.3 is 10.6 Å². The zero-order valence-electron chi connectivity index (χ0n) is 15.4. The standard InChI is InChI=1S/C17H22N4O4S2/c1-10(2)15-9-26-17(19-15)20-16(23)11(3)21-27(24,25)14-7-5-13(6-8-14)18-12(4)22/h5-11,21H,1-4H3,(H,18,22)(H,19,20,23)/t11-/m0/s1. The summed E-state index contributed by atoms with van der Waals surface area (Å²) in [6.07, 6.45) is 0. The molecule has 0 unspecified atom stereocenters. The number of thiazole rings is 1. The van der Waals surface area contributed by atoms with Crippen molar-refractivity contribution < 1.29 is 18.0 Å². The van der Waals surface area contributed by atoms with Gasteiger partial charge in [-0.15, -0.1) is 11.3 Å². The molecular formula is C17H22N4O4S2. The van der Waals surface area contributed by atoms with Crippen molar-refractivity contribution in [1.82, 2.24) is 9.71 Å². The van der Waals surface area contributed by atoms with Crippen molar-refractivity contribution in [2.75, 3.05) is 10.6 Å². The third-order valence-corrected chi connectivity index (χ3v) is 5.89. The molecule has 0 saturated heterocycles. The predicted octanol–water partition coefficient (Wildman–Crippen LogP) is 2.53. The quantitative estimate of drug-likeness (QED) is 0.648. The van der Waals surface area contributed by atoms with Gasteiger partial charge in [-0.05, 0) is 37.1 Å². The van der Waals surface area contributed by atoms with Gasteiger partial charge in [0.2, 0.25) is 21.8 Å². The molecule has 10 heteroatoms. The summed E-state index contributed by atoms with van der Waals surface area (Å²) in [5, 5.41) is 7.45. The average Bonchev–Trinajstić information content (AvgIpc) is 3.03. The van der Waals surface area contributed by atoms with Crippen LogP contribution in [0.15, 0.2) is 34.5 Å². The fourth-order valence-corrected chi connectivity index (χ4v) is 4.18. The van der Waals surface area contributed by atoms with Crippen molar-refractivity contribution in [1.29, 1.82) is 0 Å². The van der Waals surface area contributed by atoms with Gasteiger partial charge in [-0.1, -0.05) is 13.8 Å². The van der Waals surface area contributed by atoms with Gasteiger partial charge in [0.05, 0.1) is 16.6 Å². The Morgan fingerprint density at radius 2 is 1.70 bits per heavy atom. The Kier molecular flexibility index (Phi) is 6.68. The molecule has 27 heavy (non-hydrogen) atoms. The molecule has 1 aromatic carbocycles. The van der Waals surface area contributed by atoms with Crippen LogP contribution < -0.4 is 15.4 Å². The van der Waals surface area contributed by atoms with E-state index in [1.165, 1.54) is 49.4 Å². The number of nitrogens with one attached hydrogen (secondary N) is 3. The number of nitrogens with zero attached hydrogens (tertiary/aromatic N) is 1. The lowest BCUT2D eigenvalue weighted by Gasteiger charge is -2.14. The van der Waals surface area contributed by atoms with E-state index in [1.54, 1.807) is 0 Å². The fraction of sp³-hybridized carbons (Fsp3) is 0.353. The monoisotopic (exact) mass is 410 g/mol. The van der Waals surface area contributed by atoms with Crippen LogP contribution >= 0.6 is 11.3 Å². The van der Waals surface area contributed by atoms with Crippen molar-refractivity contribution >= 4 is 44.0 Å². The number of amides is 2. The zero-order chi connectivity index (χ0) is 20.2. The maximum Gasteiger partial charge on any atom is 0.244 e. The third-order valence-electron chi connectivity index (χ3n) is 3.55. The van der Waals surface area contributed by atoms with E-state index in [9.17, 15) is 18.0 Å². The molecule has 0 aliphatic rings. The highest BCUT2D eigenvalue weighted by Crippen LogP contribution is 2.21. The minimum Gasteiger partial charge on any atom is -0.326 e. The first-order valence-corrected chi connectivity index (χ1v) is 10.6. The summed E-state index contributed by atoms with van der Waals surface area (Å²) in [7, 11) is -3.89. The van der Waals surface area contributed by atoms with Crippen molar-refractivity contribution in [2.24, 2.45) is 0 Å². The molecule has 0 aliphatic heterocycles. The van der Waals surface area contributed by atoms with E-state index in [4.69, 9.17) is 0 Å². The normalized spacial score (nSPS) is 12.6. The Labute approximate surface area is 162 Å². The molecule has 146 valence electrons. The number of aromatic nitrogens is 1. The Morgan fingerprint density at radius 1 is 1.07 bits per heavy atom. The van der Waals surface area contributed by atoms with Gasteiger partial charge in [-0.3, -0.25) is 9.59 Å². The molecule has 0 radical (unpaired) electrons. The lowest BCUT2D eigenvalue weighted by Crippen LogP contribution is -2.41. The molecule has 2 amide bonds. The maximum atomic E-state index is 12.4. The summed E-state index contributed by atoms with van der Waals surface area (Å²) in [4.78, 5) is 27.6. The first-order valence-electron chi connectivity index (χ1n) is 8.24. The Balaban J connectivity index is 2.02. The summed E-state index contributed by atoms with van der Waals surface area (Å²) in [5.41, 5.74) is 1.35. The fourth-order valence-electron chi connectivity index (χ4n) is 2.10. The van der Waals surface area contributed by atoms with Gasteiger partial charge >= 0.3 is 0 Å². The van der Waals surface area contributed by atoms with E-state index < -0.39 is 22.0 Å². The molecule has 0 saturated carbocycles. The molecule has 1 heterocycles. The number of anilines is 2. The molecule has 1 aromatic heterocycles. The minimum absolute atomic E-state index is 0.00686. The van der Waals surface area contributed by atoms with Crippen LogP contribution in [0.5, 0.6) is 0 Å². The number of carbonyl (C=O) groups is 2. The molecule has 0 bridgehead atoms. The van der Waals surface area contributed by atoms with Crippen LogP contribution in [0.1, 0.15) is 39.3 Å². The number of carbonyl (C=O) groups excluding carboxylic acids is 2.